The van der Waals surface area contributed by atoms with Crippen LogP contribution in [-0.4, -0.2) is 15.9 Å². The van der Waals surface area contributed by atoms with Crippen molar-refractivity contribution in [3.05, 3.63) is 35.9 Å². The van der Waals surface area contributed by atoms with Gasteiger partial charge in [0.05, 0.1) is 0 Å². The zero-order chi connectivity index (χ0) is 11.7. The average molecular weight is 534 g/mol. The van der Waals surface area contributed by atoms with Gasteiger partial charge in [-0.2, -0.15) is 0 Å². The summed E-state index contributed by atoms with van der Waals surface area (Å²) >= 11 is 7.82. The minimum atomic E-state index is -0.821. The number of alkyl halides is 1. The summed E-state index contributed by atoms with van der Waals surface area (Å²) in [6, 6.07) is 9.54. The second kappa shape index (κ2) is 10.4. The van der Waals surface area contributed by atoms with Gasteiger partial charge in [-0.05, 0) is 12.0 Å². The van der Waals surface area contributed by atoms with Crippen LogP contribution in [0, 0.1) is 0 Å². The molecule has 1 rings (SSSR count). The molecular formula is C9H9BrI2O2V. The SMILES string of the molecule is O=C(O)C(Br)Cc1ccccc1.[I][V][I]. The maximum absolute atomic E-state index is 10.5. The van der Waals surface area contributed by atoms with Gasteiger partial charge in [-0.25, -0.2) is 0 Å². The van der Waals surface area contributed by atoms with Gasteiger partial charge in [0, 0.05) is 0 Å². The van der Waals surface area contributed by atoms with Crippen molar-refractivity contribution >= 4 is 61.9 Å². The Morgan fingerprint density at radius 3 is 2.27 bits per heavy atom. The van der Waals surface area contributed by atoms with E-state index in [0.29, 0.717) is 15.9 Å². The van der Waals surface area contributed by atoms with Crippen LogP contribution in [0.2, 0.25) is 0 Å². The minimum absolute atomic E-state index is 0.486. The summed E-state index contributed by atoms with van der Waals surface area (Å²) in [5, 5.41) is 8.60. The fourth-order valence-corrected chi connectivity index (χ4v) is 1.28. The van der Waals surface area contributed by atoms with Gasteiger partial charge in [-0.3, -0.25) is 4.79 Å². The van der Waals surface area contributed by atoms with Crippen LogP contribution in [0.3, 0.4) is 0 Å². The summed E-state index contributed by atoms with van der Waals surface area (Å²) < 4.78 is 0. The number of rotatable bonds is 3. The normalized spacial score (nSPS) is 10.9. The van der Waals surface area contributed by atoms with Crippen molar-refractivity contribution in [3.8, 4) is 0 Å². The molecule has 2 nitrogen and oxygen atoms in total. The number of carboxylic acid groups (broad SMARTS) is 1. The molecule has 0 aliphatic carbocycles. The zero-order valence-corrected chi connectivity index (χ0v) is 14.9. The Kier molecular flexibility index (Phi) is 11.2. The molecule has 0 amide bonds. The van der Waals surface area contributed by atoms with Crippen molar-refractivity contribution in [2.45, 2.75) is 11.2 Å². The van der Waals surface area contributed by atoms with Crippen molar-refractivity contribution in [2.24, 2.45) is 0 Å². The van der Waals surface area contributed by atoms with Crippen LogP contribution < -0.4 is 0 Å². The topological polar surface area (TPSA) is 37.3 Å². The molecule has 15 heavy (non-hydrogen) atoms. The molecule has 0 aliphatic rings. The van der Waals surface area contributed by atoms with E-state index in [4.69, 9.17) is 5.11 Å². The summed E-state index contributed by atoms with van der Waals surface area (Å²) in [7, 11) is 0.628. The van der Waals surface area contributed by atoms with Gasteiger partial charge in [0.15, 0.2) is 0 Å². The van der Waals surface area contributed by atoms with E-state index in [0.717, 1.165) is 5.56 Å². The Bertz CT molecular complexity index is 285. The number of halogens is 3. The molecule has 1 atom stereocenters. The molecule has 0 saturated heterocycles. The van der Waals surface area contributed by atoms with Gasteiger partial charge in [0.2, 0.25) is 0 Å². The number of benzene rings is 1. The van der Waals surface area contributed by atoms with E-state index < -0.39 is 10.8 Å². The van der Waals surface area contributed by atoms with E-state index in [9.17, 15) is 4.79 Å². The molecule has 0 spiro atoms. The van der Waals surface area contributed by atoms with Crippen LogP contribution in [0.15, 0.2) is 30.3 Å². The first kappa shape index (κ1) is 16.2. The summed E-state index contributed by atoms with van der Waals surface area (Å²) in [5.74, 6) is -0.821. The Morgan fingerprint density at radius 1 is 1.40 bits per heavy atom. The van der Waals surface area contributed by atoms with Crippen LogP contribution in [0.4, 0.5) is 0 Å². The van der Waals surface area contributed by atoms with Gasteiger partial charge < -0.3 is 5.11 Å². The molecule has 1 aromatic carbocycles. The number of hydrogen-bond donors (Lipinski definition) is 1. The zero-order valence-electron chi connectivity index (χ0n) is 7.61. The van der Waals surface area contributed by atoms with E-state index in [1.807, 2.05) is 30.3 Å². The van der Waals surface area contributed by atoms with Crippen molar-refractivity contribution in [3.63, 3.8) is 0 Å². The monoisotopic (exact) mass is 533 g/mol. The first-order valence-electron chi connectivity index (χ1n) is 3.95. The van der Waals surface area contributed by atoms with Crippen molar-refractivity contribution in [1.82, 2.24) is 0 Å². The van der Waals surface area contributed by atoms with Gasteiger partial charge in [0.1, 0.15) is 4.83 Å². The van der Waals surface area contributed by atoms with E-state index >= 15 is 0 Å². The molecule has 0 radical (unpaired) electrons. The molecular weight excluding hydrogens is 525 g/mol. The molecule has 0 aliphatic heterocycles. The molecule has 1 unspecified atom stereocenters. The van der Waals surface area contributed by atoms with Crippen LogP contribution >= 0.6 is 55.9 Å². The average Bonchev–Trinajstić information content (AvgIpc) is 2.20. The third-order valence-electron chi connectivity index (χ3n) is 1.53. The Balaban J connectivity index is 0.000000583. The Morgan fingerprint density at radius 2 is 1.87 bits per heavy atom. The molecule has 0 aromatic heterocycles. The molecule has 1 aromatic rings. The van der Waals surface area contributed by atoms with Crippen LogP contribution in [-0.2, 0) is 20.7 Å². The fourth-order valence-electron chi connectivity index (χ4n) is 0.908. The predicted molar refractivity (Wildman–Crippen MR) is 78.5 cm³/mol. The summed E-state index contributed by atoms with van der Waals surface area (Å²) in [6.07, 6.45) is 0.524. The fraction of sp³-hybridized carbons (Fsp3) is 0.222. The number of hydrogen-bond acceptors (Lipinski definition) is 1. The Labute approximate surface area is 127 Å². The first-order valence-corrected chi connectivity index (χ1v) is 13.9. The van der Waals surface area contributed by atoms with E-state index in [1.165, 1.54) is 0 Å². The second-order valence-electron chi connectivity index (χ2n) is 2.56. The predicted octanol–water partition coefficient (Wildman–Crippen LogP) is 3.85. The van der Waals surface area contributed by atoms with Gasteiger partial charge >= 0.3 is 55.4 Å². The summed E-state index contributed by atoms with van der Waals surface area (Å²) in [5.41, 5.74) is 1.03. The van der Waals surface area contributed by atoms with E-state index in [-0.39, 0.29) is 0 Å². The second-order valence-corrected chi connectivity index (χ2v) is 15.5. The molecule has 1 N–H and O–H groups in total. The van der Waals surface area contributed by atoms with Crippen LogP contribution in [0.25, 0.3) is 0 Å². The third kappa shape index (κ3) is 8.97. The molecule has 83 valence electrons. The van der Waals surface area contributed by atoms with Crippen LogP contribution in [0.5, 0.6) is 0 Å². The molecule has 0 fully saturated rings. The number of carboxylic acids is 1. The molecule has 6 heteroatoms. The standard InChI is InChI=1S/C9H9BrO2.2HI.V/c10-8(9(11)12)6-7-4-2-1-3-5-7;;;/h1-5,8H,6H2,(H,11,12);2*1H;/q;;;+2/p-2. The Hall–Kier alpha value is 1.21. The van der Waals surface area contributed by atoms with Gasteiger partial charge in [-0.15, -0.1) is 0 Å². The van der Waals surface area contributed by atoms with E-state index in [1.54, 1.807) is 0 Å². The van der Waals surface area contributed by atoms with Gasteiger partial charge in [-0.1, -0.05) is 46.3 Å². The van der Waals surface area contributed by atoms with Crippen molar-refractivity contribution in [1.29, 1.82) is 0 Å². The summed E-state index contributed by atoms with van der Waals surface area (Å²) in [4.78, 5) is 9.97. The van der Waals surface area contributed by atoms with Crippen molar-refractivity contribution < 1.29 is 19.4 Å². The molecule has 0 saturated carbocycles. The van der Waals surface area contributed by atoms with Crippen LogP contribution in [0.1, 0.15) is 5.56 Å². The molecule has 0 bridgehead atoms. The summed E-state index contributed by atoms with van der Waals surface area (Å²) in [6.45, 7) is 0. The first-order chi connectivity index (χ1) is 7.11. The number of aliphatic carboxylic acids is 1. The maximum atomic E-state index is 10.5. The molecule has 0 heterocycles. The van der Waals surface area contributed by atoms with E-state index in [2.05, 4.69) is 55.9 Å². The van der Waals surface area contributed by atoms with Gasteiger partial charge in [0.25, 0.3) is 0 Å². The van der Waals surface area contributed by atoms with Crippen molar-refractivity contribution in [2.75, 3.05) is 0 Å². The third-order valence-corrected chi connectivity index (χ3v) is 2.24. The quantitative estimate of drug-likeness (QED) is 0.474. The number of carbonyl (C=O) groups is 1.